The Kier molecular flexibility index (Phi) is 2.35. The number of carbonyl (C=O) groups is 2. The Morgan fingerprint density at radius 3 is 2.42 bits per heavy atom. The molecule has 0 aromatic heterocycles. The van der Waals surface area contributed by atoms with Gasteiger partial charge in [-0.3, -0.25) is 9.59 Å². The van der Waals surface area contributed by atoms with Crippen molar-refractivity contribution < 1.29 is 19.4 Å². The number of rotatable bonds is 4. The molecule has 4 nitrogen and oxygen atoms in total. The molecule has 0 heterocycles. The van der Waals surface area contributed by atoms with Crippen molar-refractivity contribution in [2.24, 2.45) is 5.41 Å². The summed E-state index contributed by atoms with van der Waals surface area (Å²) >= 11 is 0. The van der Waals surface area contributed by atoms with Crippen LogP contribution in [0.15, 0.2) is 0 Å². The average molecular weight is 172 g/mol. The zero-order valence-electron chi connectivity index (χ0n) is 7.00. The fourth-order valence-electron chi connectivity index (χ4n) is 0.963. The van der Waals surface area contributed by atoms with Gasteiger partial charge in [-0.15, -0.1) is 0 Å². The highest BCUT2D eigenvalue weighted by molar-refractivity contribution is 6.02. The molecule has 1 aliphatic carbocycles. The van der Waals surface area contributed by atoms with E-state index in [1.165, 1.54) is 0 Å². The first-order chi connectivity index (χ1) is 5.63. The third-order valence-electron chi connectivity index (χ3n) is 1.99. The minimum atomic E-state index is -1.19. The number of carboxylic acids is 1. The largest absolute Gasteiger partial charge is 0.480 e. The maximum atomic E-state index is 11.1. The number of ether oxygens (including phenoxy) is 1. The van der Waals surface area contributed by atoms with E-state index < -0.39 is 17.4 Å². The van der Waals surface area contributed by atoms with Gasteiger partial charge in [-0.25, -0.2) is 0 Å². The van der Waals surface area contributed by atoms with Crippen LogP contribution in [0.3, 0.4) is 0 Å². The molecule has 12 heavy (non-hydrogen) atoms. The van der Waals surface area contributed by atoms with Crippen molar-refractivity contribution in [2.75, 3.05) is 6.61 Å². The normalized spacial score (nSPS) is 18.4. The first-order valence-corrected chi connectivity index (χ1v) is 4.04. The average Bonchev–Trinajstić information content (AvgIpc) is 2.80. The van der Waals surface area contributed by atoms with Crippen LogP contribution in [0.2, 0.25) is 0 Å². The molecule has 0 radical (unpaired) electrons. The number of hydrogen-bond acceptors (Lipinski definition) is 3. The van der Waals surface area contributed by atoms with E-state index in [1.807, 2.05) is 6.92 Å². The lowest BCUT2D eigenvalue weighted by Gasteiger charge is -2.08. The lowest BCUT2D eigenvalue weighted by Crippen LogP contribution is -2.27. The number of carbonyl (C=O) groups excluding carboxylic acids is 1. The molecule has 1 aliphatic rings. The maximum Gasteiger partial charge on any atom is 0.323 e. The van der Waals surface area contributed by atoms with Crippen molar-refractivity contribution in [1.82, 2.24) is 0 Å². The van der Waals surface area contributed by atoms with Crippen molar-refractivity contribution in [3.63, 3.8) is 0 Å². The number of hydrogen-bond donors (Lipinski definition) is 1. The van der Waals surface area contributed by atoms with Gasteiger partial charge >= 0.3 is 11.9 Å². The molecule has 0 spiro atoms. The van der Waals surface area contributed by atoms with Crippen molar-refractivity contribution in [2.45, 2.75) is 26.2 Å². The van der Waals surface area contributed by atoms with Crippen molar-refractivity contribution in [3.8, 4) is 0 Å². The minimum Gasteiger partial charge on any atom is -0.480 e. The zero-order valence-corrected chi connectivity index (χ0v) is 7.00. The van der Waals surface area contributed by atoms with Crippen LogP contribution in [0.25, 0.3) is 0 Å². The van der Waals surface area contributed by atoms with Gasteiger partial charge in [0.25, 0.3) is 0 Å². The first-order valence-electron chi connectivity index (χ1n) is 4.04. The van der Waals surface area contributed by atoms with Gasteiger partial charge in [0.2, 0.25) is 0 Å². The van der Waals surface area contributed by atoms with Crippen LogP contribution in [0, 0.1) is 5.41 Å². The Morgan fingerprint density at radius 1 is 1.50 bits per heavy atom. The van der Waals surface area contributed by atoms with Crippen LogP contribution in [0.4, 0.5) is 0 Å². The van der Waals surface area contributed by atoms with E-state index in [9.17, 15) is 9.59 Å². The first kappa shape index (κ1) is 9.03. The quantitative estimate of drug-likeness (QED) is 0.503. The van der Waals surface area contributed by atoms with Gasteiger partial charge in [0.1, 0.15) is 0 Å². The molecule has 0 aromatic rings. The molecule has 1 fully saturated rings. The number of esters is 1. The van der Waals surface area contributed by atoms with Crippen LogP contribution in [-0.4, -0.2) is 23.7 Å². The number of carboxylic acid groups (broad SMARTS) is 1. The molecule has 0 atom stereocenters. The molecule has 1 saturated carbocycles. The summed E-state index contributed by atoms with van der Waals surface area (Å²) in [6.45, 7) is 2.18. The Labute approximate surface area is 70.5 Å². The lowest BCUT2D eigenvalue weighted by atomic mass is 10.1. The second kappa shape index (κ2) is 3.13. The standard InChI is InChI=1S/C8H12O4/c1-2-5-12-7(11)8(3-4-8)6(9)10/h2-5H2,1H3,(H,9,10). The second-order valence-corrected chi connectivity index (χ2v) is 3.02. The van der Waals surface area contributed by atoms with Gasteiger partial charge in [0.15, 0.2) is 5.41 Å². The van der Waals surface area contributed by atoms with E-state index in [4.69, 9.17) is 9.84 Å². The van der Waals surface area contributed by atoms with Crippen LogP contribution >= 0.6 is 0 Å². The third-order valence-corrected chi connectivity index (χ3v) is 1.99. The fourth-order valence-corrected chi connectivity index (χ4v) is 0.963. The van der Waals surface area contributed by atoms with E-state index in [-0.39, 0.29) is 0 Å². The topological polar surface area (TPSA) is 63.6 Å². The molecular formula is C8H12O4. The summed E-state index contributed by atoms with van der Waals surface area (Å²) in [5, 5.41) is 8.67. The molecule has 1 rings (SSSR count). The van der Waals surface area contributed by atoms with E-state index in [0.717, 1.165) is 6.42 Å². The molecule has 0 aliphatic heterocycles. The van der Waals surface area contributed by atoms with E-state index in [1.54, 1.807) is 0 Å². The minimum absolute atomic E-state index is 0.313. The van der Waals surface area contributed by atoms with Gasteiger partial charge < -0.3 is 9.84 Å². The molecule has 0 amide bonds. The Morgan fingerprint density at radius 2 is 2.08 bits per heavy atom. The zero-order chi connectivity index (χ0) is 9.19. The lowest BCUT2D eigenvalue weighted by molar-refractivity contribution is -0.161. The summed E-state index contributed by atoms with van der Waals surface area (Å²) in [6, 6.07) is 0. The van der Waals surface area contributed by atoms with E-state index in [2.05, 4.69) is 0 Å². The summed E-state index contributed by atoms with van der Waals surface area (Å²) in [7, 11) is 0. The Bertz CT molecular complexity index is 205. The second-order valence-electron chi connectivity index (χ2n) is 3.02. The SMILES string of the molecule is CCCOC(=O)C1(C(=O)O)CC1. The fraction of sp³-hybridized carbons (Fsp3) is 0.750. The molecule has 0 bridgehead atoms. The van der Waals surface area contributed by atoms with Crippen LogP contribution in [0.1, 0.15) is 26.2 Å². The third kappa shape index (κ3) is 1.42. The van der Waals surface area contributed by atoms with Gasteiger partial charge in [0, 0.05) is 0 Å². The van der Waals surface area contributed by atoms with Gasteiger partial charge in [0.05, 0.1) is 6.61 Å². The summed E-state index contributed by atoms with van der Waals surface area (Å²) < 4.78 is 4.76. The smallest absolute Gasteiger partial charge is 0.323 e. The molecule has 0 unspecified atom stereocenters. The van der Waals surface area contributed by atoms with Crippen LogP contribution in [0.5, 0.6) is 0 Å². The van der Waals surface area contributed by atoms with E-state index in [0.29, 0.717) is 19.4 Å². The van der Waals surface area contributed by atoms with Gasteiger partial charge in [-0.1, -0.05) is 6.92 Å². The molecule has 1 N–H and O–H groups in total. The van der Waals surface area contributed by atoms with Gasteiger partial charge in [-0.2, -0.15) is 0 Å². The van der Waals surface area contributed by atoms with Gasteiger partial charge in [-0.05, 0) is 19.3 Å². The van der Waals surface area contributed by atoms with Crippen molar-refractivity contribution >= 4 is 11.9 Å². The highest BCUT2D eigenvalue weighted by Crippen LogP contribution is 2.46. The Hall–Kier alpha value is -1.06. The summed E-state index contributed by atoms with van der Waals surface area (Å²) in [6.07, 6.45) is 1.57. The molecule has 4 heteroatoms. The Balaban J connectivity index is 2.47. The summed E-state index contributed by atoms with van der Waals surface area (Å²) in [5.41, 5.74) is -1.19. The molecule has 0 saturated heterocycles. The summed E-state index contributed by atoms with van der Waals surface area (Å²) in [4.78, 5) is 21.7. The van der Waals surface area contributed by atoms with Crippen LogP contribution in [-0.2, 0) is 14.3 Å². The summed E-state index contributed by atoms with van der Waals surface area (Å²) in [5.74, 6) is -1.62. The highest BCUT2D eigenvalue weighted by atomic mass is 16.5. The van der Waals surface area contributed by atoms with Crippen LogP contribution < -0.4 is 0 Å². The number of aliphatic carboxylic acids is 1. The van der Waals surface area contributed by atoms with E-state index >= 15 is 0 Å². The van der Waals surface area contributed by atoms with Crippen molar-refractivity contribution in [1.29, 1.82) is 0 Å². The van der Waals surface area contributed by atoms with Crippen molar-refractivity contribution in [3.05, 3.63) is 0 Å². The molecular weight excluding hydrogens is 160 g/mol. The predicted molar refractivity (Wildman–Crippen MR) is 40.6 cm³/mol. The highest BCUT2D eigenvalue weighted by Gasteiger charge is 2.58. The monoisotopic (exact) mass is 172 g/mol. The predicted octanol–water partition coefficient (Wildman–Crippen LogP) is 0.804. The maximum absolute atomic E-state index is 11.1. The molecule has 0 aromatic carbocycles. The molecule has 68 valence electrons.